The molecule has 0 saturated heterocycles. The monoisotopic (exact) mass is 176 g/mol. The second-order valence-corrected chi connectivity index (χ2v) is 3.79. The summed E-state index contributed by atoms with van der Waals surface area (Å²) in [6.45, 7) is 2.00. The minimum atomic E-state index is -0.0949. The summed E-state index contributed by atoms with van der Waals surface area (Å²) in [4.78, 5) is 23.0. The number of hydrogen-bond donors (Lipinski definition) is 0. The van der Waals surface area contributed by atoms with Gasteiger partial charge in [-0.2, -0.15) is 0 Å². The summed E-state index contributed by atoms with van der Waals surface area (Å²) in [5, 5.41) is 0. The van der Waals surface area contributed by atoms with Crippen molar-refractivity contribution >= 4 is 11.6 Å². The standard InChI is InChI=1S/C11H12O2/c1-7-3-2-4-8-9(12)5-6-10(13)11(7)8/h2-3,5-8,11H,4H2,1H3. The van der Waals surface area contributed by atoms with Gasteiger partial charge >= 0.3 is 0 Å². The van der Waals surface area contributed by atoms with Gasteiger partial charge in [-0.15, -0.1) is 0 Å². The first kappa shape index (κ1) is 8.42. The van der Waals surface area contributed by atoms with E-state index in [2.05, 4.69) is 0 Å². The third kappa shape index (κ3) is 1.26. The number of carbonyl (C=O) groups is 2. The molecule has 68 valence electrons. The molecular weight excluding hydrogens is 164 g/mol. The average Bonchev–Trinajstić information content (AvgIpc) is 2.12. The Morgan fingerprint density at radius 1 is 1.23 bits per heavy atom. The summed E-state index contributed by atoms with van der Waals surface area (Å²) >= 11 is 0. The number of ketones is 2. The van der Waals surface area contributed by atoms with Crippen molar-refractivity contribution in [3.05, 3.63) is 24.3 Å². The molecule has 13 heavy (non-hydrogen) atoms. The molecule has 2 aliphatic rings. The van der Waals surface area contributed by atoms with E-state index in [9.17, 15) is 9.59 Å². The van der Waals surface area contributed by atoms with E-state index in [1.165, 1.54) is 12.2 Å². The molecule has 0 bridgehead atoms. The molecule has 0 aromatic rings. The van der Waals surface area contributed by atoms with Crippen molar-refractivity contribution in [2.45, 2.75) is 13.3 Å². The minimum absolute atomic E-state index is 0.0856. The SMILES string of the molecule is CC1C=CCC2C(=O)C=CC(=O)C12. The van der Waals surface area contributed by atoms with Gasteiger partial charge in [-0.05, 0) is 24.5 Å². The van der Waals surface area contributed by atoms with E-state index in [1.807, 2.05) is 19.1 Å². The van der Waals surface area contributed by atoms with Crippen LogP contribution in [0.1, 0.15) is 13.3 Å². The molecule has 0 aromatic heterocycles. The molecule has 0 fully saturated rings. The zero-order valence-corrected chi connectivity index (χ0v) is 7.57. The van der Waals surface area contributed by atoms with Crippen molar-refractivity contribution in [1.82, 2.24) is 0 Å². The number of hydrogen-bond acceptors (Lipinski definition) is 2. The van der Waals surface area contributed by atoms with Crippen LogP contribution in [-0.2, 0) is 9.59 Å². The summed E-state index contributed by atoms with van der Waals surface area (Å²) in [7, 11) is 0. The van der Waals surface area contributed by atoms with Crippen molar-refractivity contribution < 1.29 is 9.59 Å². The van der Waals surface area contributed by atoms with Crippen LogP contribution in [0.3, 0.4) is 0 Å². The molecule has 2 heteroatoms. The number of fused-ring (bicyclic) bond motifs is 1. The highest BCUT2D eigenvalue weighted by Gasteiger charge is 2.38. The van der Waals surface area contributed by atoms with Gasteiger partial charge in [0.25, 0.3) is 0 Å². The Kier molecular flexibility index (Phi) is 1.91. The number of rotatable bonds is 0. The van der Waals surface area contributed by atoms with Crippen LogP contribution in [0, 0.1) is 17.8 Å². The zero-order chi connectivity index (χ0) is 9.42. The summed E-state index contributed by atoms with van der Waals surface area (Å²) in [6, 6.07) is 0. The largest absolute Gasteiger partial charge is 0.295 e. The summed E-state index contributed by atoms with van der Waals surface area (Å²) in [6.07, 6.45) is 7.63. The summed E-state index contributed by atoms with van der Waals surface area (Å²) < 4.78 is 0. The fourth-order valence-electron chi connectivity index (χ4n) is 2.22. The Labute approximate surface area is 77.3 Å². The van der Waals surface area contributed by atoms with Crippen LogP contribution in [0.15, 0.2) is 24.3 Å². The highest BCUT2D eigenvalue weighted by atomic mass is 16.1. The molecule has 0 aliphatic heterocycles. The van der Waals surface area contributed by atoms with E-state index in [-0.39, 0.29) is 29.3 Å². The number of allylic oxidation sites excluding steroid dienone is 4. The van der Waals surface area contributed by atoms with Gasteiger partial charge < -0.3 is 0 Å². The molecule has 0 N–H and O–H groups in total. The first-order valence-electron chi connectivity index (χ1n) is 4.62. The second kappa shape index (κ2) is 2.95. The predicted molar refractivity (Wildman–Crippen MR) is 49.1 cm³/mol. The molecule has 0 amide bonds. The minimum Gasteiger partial charge on any atom is -0.295 e. The Bertz CT molecular complexity index is 312. The Morgan fingerprint density at radius 2 is 1.92 bits per heavy atom. The van der Waals surface area contributed by atoms with Gasteiger partial charge in [0.2, 0.25) is 0 Å². The average molecular weight is 176 g/mol. The van der Waals surface area contributed by atoms with E-state index in [1.54, 1.807) is 0 Å². The molecule has 0 heterocycles. The quantitative estimate of drug-likeness (QED) is 0.524. The highest BCUT2D eigenvalue weighted by molar-refractivity contribution is 6.07. The third-order valence-corrected chi connectivity index (χ3v) is 2.94. The van der Waals surface area contributed by atoms with Crippen LogP contribution in [-0.4, -0.2) is 11.6 Å². The molecule has 0 saturated carbocycles. The van der Waals surface area contributed by atoms with Gasteiger partial charge in [0.05, 0.1) is 0 Å². The normalized spacial score (nSPS) is 37.8. The van der Waals surface area contributed by atoms with Crippen LogP contribution in [0.25, 0.3) is 0 Å². The van der Waals surface area contributed by atoms with Crippen molar-refractivity contribution in [3.8, 4) is 0 Å². The van der Waals surface area contributed by atoms with Gasteiger partial charge in [0.15, 0.2) is 11.6 Å². The fraction of sp³-hybridized carbons (Fsp3) is 0.455. The summed E-state index contributed by atoms with van der Waals surface area (Å²) in [5.74, 6) is 0.252. The maximum absolute atomic E-state index is 11.5. The molecule has 0 spiro atoms. The van der Waals surface area contributed by atoms with Crippen molar-refractivity contribution in [3.63, 3.8) is 0 Å². The molecule has 0 aromatic carbocycles. The lowest BCUT2D eigenvalue weighted by atomic mass is 9.70. The second-order valence-electron chi connectivity index (χ2n) is 3.79. The van der Waals surface area contributed by atoms with Crippen molar-refractivity contribution in [2.24, 2.45) is 17.8 Å². The molecule has 3 unspecified atom stereocenters. The molecule has 3 atom stereocenters. The van der Waals surface area contributed by atoms with Gasteiger partial charge in [-0.25, -0.2) is 0 Å². The Hall–Kier alpha value is -1.18. The first-order valence-corrected chi connectivity index (χ1v) is 4.62. The lowest BCUT2D eigenvalue weighted by Gasteiger charge is -2.31. The van der Waals surface area contributed by atoms with Crippen LogP contribution >= 0.6 is 0 Å². The van der Waals surface area contributed by atoms with E-state index in [0.29, 0.717) is 0 Å². The maximum atomic E-state index is 11.5. The molecule has 0 radical (unpaired) electrons. The van der Waals surface area contributed by atoms with Gasteiger partial charge in [-0.3, -0.25) is 9.59 Å². The fourth-order valence-corrected chi connectivity index (χ4v) is 2.22. The van der Waals surface area contributed by atoms with E-state index >= 15 is 0 Å². The van der Waals surface area contributed by atoms with Crippen molar-refractivity contribution in [2.75, 3.05) is 0 Å². The van der Waals surface area contributed by atoms with Crippen LogP contribution < -0.4 is 0 Å². The Morgan fingerprint density at radius 3 is 2.62 bits per heavy atom. The van der Waals surface area contributed by atoms with Gasteiger partial charge in [0.1, 0.15) is 0 Å². The molecular formula is C11H12O2. The van der Waals surface area contributed by atoms with Crippen LogP contribution in [0.5, 0.6) is 0 Å². The zero-order valence-electron chi connectivity index (χ0n) is 7.57. The number of carbonyl (C=O) groups excluding carboxylic acids is 2. The lowest BCUT2D eigenvalue weighted by molar-refractivity contribution is -0.130. The maximum Gasteiger partial charge on any atom is 0.160 e. The third-order valence-electron chi connectivity index (χ3n) is 2.94. The highest BCUT2D eigenvalue weighted by Crippen LogP contribution is 2.34. The van der Waals surface area contributed by atoms with Gasteiger partial charge in [-0.1, -0.05) is 19.1 Å². The molecule has 2 rings (SSSR count). The van der Waals surface area contributed by atoms with Crippen LogP contribution in [0.4, 0.5) is 0 Å². The molecule has 2 nitrogen and oxygen atoms in total. The van der Waals surface area contributed by atoms with Crippen LogP contribution in [0.2, 0.25) is 0 Å². The predicted octanol–water partition coefficient (Wildman–Crippen LogP) is 1.52. The Balaban J connectivity index is 2.37. The smallest absolute Gasteiger partial charge is 0.160 e. The van der Waals surface area contributed by atoms with E-state index in [4.69, 9.17) is 0 Å². The van der Waals surface area contributed by atoms with E-state index in [0.717, 1.165) is 6.42 Å². The van der Waals surface area contributed by atoms with E-state index < -0.39 is 0 Å². The van der Waals surface area contributed by atoms with Gasteiger partial charge in [0, 0.05) is 11.8 Å². The lowest BCUT2D eigenvalue weighted by Crippen LogP contribution is -2.37. The molecule has 2 aliphatic carbocycles. The summed E-state index contributed by atoms with van der Waals surface area (Å²) in [5.41, 5.74) is 0. The van der Waals surface area contributed by atoms with Crippen molar-refractivity contribution in [1.29, 1.82) is 0 Å². The first-order chi connectivity index (χ1) is 6.20. The topological polar surface area (TPSA) is 34.1 Å².